The molecular weight excluding hydrogens is 1800 g/mol. The molecule has 14 heterocycles. The van der Waals surface area contributed by atoms with Crippen LogP contribution in [0, 0.1) is 31.8 Å². The predicted molar refractivity (Wildman–Crippen MR) is 468 cm³/mol. The summed E-state index contributed by atoms with van der Waals surface area (Å²) in [4.78, 5) is 156. The van der Waals surface area contributed by atoms with Crippen LogP contribution in [-0.4, -0.2) is 172 Å². The molecule has 0 spiro atoms. The predicted octanol–water partition coefficient (Wildman–Crippen LogP) is 16.2. The number of aryl methyl sites for hydroxylation is 6. The van der Waals surface area contributed by atoms with Gasteiger partial charge in [0, 0.05) is 43.2 Å². The van der Waals surface area contributed by atoms with Crippen molar-refractivity contribution in [3.63, 3.8) is 0 Å². The van der Waals surface area contributed by atoms with E-state index in [0.29, 0.717) is 81.9 Å². The Morgan fingerprint density at radius 3 is 1.69 bits per heavy atom. The van der Waals surface area contributed by atoms with Crippen LogP contribution in [0.3, 0.4) is 0 Å². The van der Waals surface area contributed by atoms with Crippen molar-refractivity contribution in [2.75, 3.05) is 39.6 Å². The van der Waals surface area contributed by atoms with Gasteiger partial charge in [-0.05, 0) is 118 Å². The number of carbonyl (C=O) groups excluding carboxylic acids is 8. The number of hydrogen-bond donors (Lipinski definition) is 5. The maximum atomic E-state index is 12.8. The zero-order valence-electron chi connectivity index (χ0n) is 65.3. The molecule has 7 N–H and O–H groups in total. The first-order valence-corrected chi connectivity index (χ1v) is 44.7. The summed E-state index contributed by atoms with van der Waals surface area (Å²) in [5, 5.41) is 21.5. The van der Waals surface area contributed by atoms with E-state index in [4.69, 9.17) is 41.1 Å². The molecule has 0 aliphatic heterocycles. The fourth-order valence-corrected chi connectivity index (χ4v) is 15.2. The van der Waals surface area contributed by atoms with Crippen LogP contribution in [0.2, 0.25) is 0 Å². The van der Waals surface area contributed by atoms with Crippen molar-refractivity contribution >= 4 is 247 Å². The quantitative estimate of drug-likeness (QED) is 0.00778. The monoisotopic (exact) mass is 1870 g/mol. The number of aldehydes is 3. The summed E-state index contributed by atoms with van der Waals surface area (Å²) < 4.78 is 40.2. The van der Waals surface area contributed by atoms with Gasteiger partial charge in [0.15, 0.2) is 18.9 Å². The SMILES string of the molecule is CCOC(=O)/C(=C/c1cscn1)N=[N+]=[N-].CCOC(=O)CN=[N+]=[N-].CCOC(=O)c1[nH]c2scnc2c1C=O.CCOC(=O)c1c(C=O)c2nc(C)sc2n1C.CCOC(=O)c1cc2ncsc2[nH]1.Cc1nc2c3cn[nH]c(=O)c3n(C)c2s1.Cc1nc2c3cnn(Cc4ccccc4)c(=O)c3n(C)c2s1.N=N.O.O=Cc1cscn1.O=P(Cl)(Cl)Cl.[HH]. The molecule has 52 heteroatoms. The first kappa shape index (κ1) is 99.6. The van der Waals surface area contributed by atoms with Crippen LogP contribution in [0.5, 0.6) is 0 Å². The van der Waals surface area contributed by atoms with Gasteiger partial charge in [0.25, 0.3) is 11.1 Å². The Hall–Kier alpha value is -12.0. The van der Waals surface area contributed by atoms with Gasteiger partial charge in [0.05, 0.1) is 117 Å². The lowest BCUT2D eigenvalue weighted by Gasteiger charge is -2.05. The number of benzene rings is 1. The van der Waals surface area contributed by atoms with E-state index in [1.165, 1.54) is 67.4 Å². The molecule has 41 nitrogen and oxygen atoms in total. The van der Waals surface area contributed by atoms with Crippen LogP contribution in [0.15, 0.2) is 107 Å². The van der Waals surface area contributed by atoms with Gasteiger partial charge in [-0.2, -0.15) is 10.2 Å². The smallest absolute Gasteiger partial charge is 0.355 e. The van der Waals surface area contributed by atoms with E-state index >= 15 is 0 Å². The molecule has 0 amide bonds. The normalized spacial score (nSPS) is 10.4. The Labute approximate surface area is 726 Å². The van der Waals surface area contributed by atoms with Crippen LogP contribution in [-0.2, 0) is 65.5 Å². The van der Waals surface area contributed by atoms with E-state index in [2.05, 4.69) is 119 Å². The number of azide groups is 2. The number of rotatable bonds is 18. The van der Waals surface area contributed by atoms with E-state index in [1.54, 1.807) is 120 Å². The Kier molecular flexibility index (Phi) is 40.7. The standard InChI is InChI=1S/C16H14N4OS.C11H12N2O3S.C9H8N4OS.C9H8N2O3S.C8H8N4O2S.C8H8N2O2S.C4H7N3O2.C4H3NOS.Cl3OP.H2N2.H2O.H2/c1-10-18-13-12-8-17-20(9-11-6-4-3-5-7-11)15(21)14(12)19(2)16(13)22-10;1-4-16-11(15)9-7(5-14)8-10(13(9)3)17-6(2)12-8;1-4-11-6-5-3-10-12-8(14)7(5)13(2)9(6)15-4;1-2-14-9(13)7-5(3-12)6-8(11-7)15-4-10-6;1-2-14-8(13)7(11-12-9)3-6-4-15-5-10-6;1-2-12-8(11)6-3-5-7(10-6)13-4-9-5;1-2-9-4(8)3-6-7-5;6-1-4-2-7-3-5-4;1-5(2,3)4;1-2;;/h3-8H,9H2,1-2H3;5H,4H2,1-3H3;3H,1-2H3,(H,12,14);3-4,11H,2H2,1H3;3-5H,2H2,1H3;3-4,10H,2H2,1H3;2-3H2,1H3;1-3H;;1-2H;1H2;1H/b;;;;7-3-;;;;;;;. The number of esters is 5. The van der Waals surface area contributed by atoms with Gasteiger partial charge in [-0.25, -0.2) is 74.9 Å². The molecule has 15 rings (SSSR count). The minimum Gasteiger partial charge on any atom is -0.466 e. The lowest BCUT2D eigenvalue weighted by molar-refractivity contribution is -0.141. The fourth-order valence-electron chi connectivity index (χ4n) is 10.1. The van der Waals surface area contributed by atoms with Crippen LogP contribution in [0.25, 0.3) is 101 Å². The first-order chi connectivity index (χ1) is 57.5. The molecule has 0 saturated heterocycles. The third-order valence-electron chi connectivity index (χ3n) is 14.8. The summed E-state index contributed by atoms with van der Waals surface area (Å²) in [5.74, 6) is -2.48. The Balaban J connectivity index is 0.000000293. The number of carbonyl (C=O) groups is 8. The molecule has 0 aliphatic carbocycles. The van der Waals surface area contributed by atoms with Crippen LogP contribution in [0.1, 0.15) is 125 Å². The highest BCUT2D eigenvalue weighted by atomic mass is 36.0. The largest absolute Gasteiger partial charge is 0.466 e. The molecular formula is C69H74Cl3N24O17PS7. The molecule has 121 heavy (non-hydrogen) atoms. The highest BCUT2D eigenvalue weighted by Gasteiger charge is 2.26. The molecule has 0 aliphatic rings. The average Bonchev–Trinajstić information content (AvgIpc) is 1.61. The van der Waals surface area contributed by atoms with E-state index in [1.807, 2.05) is 74.3 Å². The van der Waals surface area contributed by atoms with Gasteiger partial charge >= 0.3 is 35.0 Å². The summed E-state index contributed by atoms with van der Waals surface area (Å²) in [5.41, 5.74) is 40.9. The number of hydrogen-bond acceptors (Lipinski definition) is 36. The highest BCUT2D eigenvalue weighted by molar-refractivity contribution is 8.24. The third-order valence-corrected chi connectivity index (χ3v) is 20.6. The van der Waals surface area contributed by atoms with Gasteiger partial charge in [-0.1, -0.05) is 40.6 Å². The molecule has 0 bridgehead atoms. The number of halogens is 3. The zero-order valence-corrected chi connectivity index (χ0v) is 74.2. The van der Waals surface area contributed by atoms with E-state index in [-0.39, 0.29) is 73.0 Å². The van der Waals surface area contributed by atoms with Crippen LogP contribution < -0.4 is 11.1 Å². The van der Waals surface area contributed by atoms with Gasteiger partial charge in [0.1, 0.15) is 97.8 Å². The summed E-state index contributed by atoms with van der Waals surface area (Å²) in [7, 11) is 5.52. The number of ether oxygens (including phenoxy) is 5. The maximum absolute atomic E-state index is 12.8. The summed E-state index contributed by atoms with van der Waals surface area (Å²) in [6.45, 7) is 16.1. The minimum absolute atomic E-state index is 0. The molecule has 0 fully saturated rings. The fraction of sp³-hybridized carbons (Fsp3) is 0.261. The molecule has 14 aromatic heterocycles. The summed E-state index contributed by atoms with van der Waals surface area (Å²) >= 11 is 24.1. The maximum Gasteiger partial charge on any atom is 0.355 e. The lowest BCUT2D eigenvalue weighted by Crippen LogP contribution is -2.24. The van der Waals surface area contributed by atoms with Crippen LogP contribution in [0.4, 0.5) is 0 Å². The lowest BCUT2D eigenvalue weighted by atomic mass is 10.2. The molecule has 0 atom stereocenters. The zero-order chi connectivity index (χ0) is 88.3. The molecule has 640 valence electrons. The van der Waals surface area contributed by atoms with Crippen molar-refractivity contribution in [1.82, 2.24) is 78.5 Å². The number of aromatic nitrogens is 16. The number of thiazole rings is 7. The second-order valence-corrected chi connectivity index (χ2v) is 35.8. The second kappa shape index (κ2) is 49.5. The van der Waals surface area contributed by atoms with Crippen molar-refractivity contribution in [1.29, 1.82) is 11.1 Å². The van der Waals surface area contributed by atoms with Crippen molar-refractivity contribution < 1.29 is 73.5 Å². The number of nitrogens with zero attached hydrogens (tertiary/aromatic N) is 19. The molecule has 0 saturated carbocycles. The number of nitrogens with one attached hydrogen (secondary N) is 5. The van der Waals surface area contributed by atoms with E-state index in [9.17, 15) is 52.5 Å². The van der Waals surface area contributed by atoms with Crippen molar-refractivity contribution in [2.24, 2.45) is 31.4 Å². The van der Waals surface area contributed by atoms with Crippen molar-refractivity contribution in [3.8, 4) is 0 Å². The van der Waals surface area contributed by atoms with E-state index < -0.39 is 29.1 Å². The second-order valence-electron chi connectivity index (χ2n) is 22.5. The average molecular weight is 1870 g/mol. The Bertz CT molecular complexity index is 6310. The van der Waals surface area contributed by atoms with Crippen molar-refractivity contribution in [2.45, 2.75) is 61.9 Å². The Morgan fingerprint density at radius 2 is 1.16 bits per heavy atom. The Morgan fingerprint density at radius 1 is 0.628 bits per heavy atom. The van der Waals surface area contributed by atoms with Crippen molar-refractivity contribution in [3.05, 3.63) is 189 Å². The van der Waals surface area contributed by atoms with Gasteiger partial charge in [-0.3, -0.25) is 33.3 Å². The summed E-state index contributed by atoms with van der Waals surface area (Å²) in [6, 6.07) is 11.6. The third kappa shape index (κ3) is 27.8. The van der Waals surface area contributed by atoms with Gasteiger partial charge in [0.2, 0.25) is 0 Å². The molecule has 15 aromatic rings. The molecule has 0 unspecified atom stereocenters. The number of fused-ring (bicyclic) bond motifs is 9. The molecule has 0 radical (unpaired) electrons. The van der Waals surface area contributed by atoms with Gasteiger partial charge in [-0.15, -0.1) is 79.4 Å². The minimum atomic E-state index is -3.22. The van der Waals surface area contributed by atoms with Gasteiger partial charge < -0.3 is 52.8 Å². The summed E-state index contributed by atoms with van der Waals surface area (Å²) in [6.07, 6.45) is 6.79. The topological polar surface area (TPSA) is 594 Å². The first-order valence-electron chi connectivity index (χ1n) is 34.2. The van der Waals surface area contributed by atoms with E-state index in [0.717, 1.165) is 73.5 Å². The molecule has 1 aromatic carbocycles. The van der Waals surface area contributed by atoms with Crippen LogP contribution >= 0.6 is 118 Å². The number of H-pyrrole nitrogens is 3. The highest BCUT2D eigenvalue weighted by Crippen LogP contribution is 2.61. The number of aromatic amines is 3.